The zero-order valence-electron chi connectivity index (χ0n) is 17.9. The molecule has 0 bridgehead atoms. The van der Waals surface area contributed by atoms with Gasteiger partial charge in [0.25, 0.3) is 0 Å². The molecule has 32 heavy (non-hydrogen) atoms. The molecule has 1 fully saturated rings. The summed E-state index contributed by atoms with van der Waals surface area (Å²) in [6.45, 7) is 0.379. The van der Waals surface area contributed by atoms with Gasteiger partial charge >= 0.3 is 0 Å². The summed E-state index contributed by atoms with van der Waals surface area (Å²) in [5.41, 5.74) is 2.25. The average molecular weight is 472 g/mol. The van der Waals surface area contributed by atoms with E-state index in [0.29, 0.717) is 45.4 Å². The molecular formula is C23H22ClN3O4S. The van der Waals surface area contributed by atoms with Gasteiger partial charge < -0.3 is 19.1 Å². The predicted octanol–water partition coefficient (Wildman–Crippen LogP) is 4.59. The molecule has 166 valence electrons. The van der Waals surface area contributed by atoms with Crippen molar-refractivity contribution in [2.75, 3.05) is 38.8 Å². The summed E-state index contributed by atoms with van der Waals surface area (Å²) < 4.78 is 16.4. The Labute approximate surface area is 196 Å². The Bertz CT molecular complexity index is 1110. The number of hydrogen-bond donors (Lipinski definition) is 0. The first kappa shape index (κ1) is 22.2. The SMILES string of the molecule is COc1cc(OC)c([C@@H]2CC(=O)N3CN(c4ccc(Cl)cc4)CSC3=C2C#N)cc1OC. The molecule has 0 unspecified atom stereocenters. The maximum atomic E-state index is 13.2. The first-order valence-corrected chi connectivity index (χ1v) is 11.2. The topological polar surface area (TPSA) is 75.0 Å². The Morgan fingerprint density at radius 1 is 1.06 bits per heavy atom. The third-order valence-corrected chi connectivity index (χ3v) is 7.00. The number of anilines is 1. The Hall–Kier alpha value is -3.02. The van der Waals surface area contributed by atoms with Crippen molar-refractivity contribution in [3.63, 3.8) is 0 Å². The van der Waals surface area contributed by atoms with E-state index in [0.717, 1.165) is 11.3 Å². The molecule has 1 saturated heterocycles. The molecule has 2 aromatic carbocycles. The van der Waals surface area contributed by atoms with Crippen LogP contribution < -0.4 is 19.1 Å². The lowest BCUT2D eigenvalue weighted by atomic mass is 9.85. The number of carbonyl (C=O) groups is 1. The second-order valence-electron chi connectivity index (χ2n) is 7.29. The largest absolute Gasteiger partial charge is 0.496 e. The van der Waals surface area contributed by atoms with Gasteiger partial charge in [-0.2, -0.15) is 5.26 Å². The van der Waals surface area contributed by atoms with E-state index >= 15 is 0 Å². The normalized spacial score (nSPS) is 18.2. The van der Waals surface area contributed by atoms with Gasteiger partial charge in [-0.25, -0.2) is 0 Å². The third kappa shape index (κ3) is 3.94. The quantitative estimate of drug-likeness (QED) is 0.631. The van der Waals surface area contributed by atoms with Crippen LogP contribution in [0.25, 0.3) is 0 Å². The molecule has 0 N–H and O–H groups in total. The lowest BCUT2D eigenvalue weighted by Gasteiger charge is -2.42. The maximum absolute atomic E-state index is 13.2. The van der Waals surface area contributed by atoms with Gasteiger partial charge in [-0.05, 0) is 30.3 Å². The Balaban J connectivity index is 1.72. The smallest absolute Gasteiger partial charge is 0.229 e. The van der Waals surface area contributed by atoms with E-state index in [1.54, 1.807) is 38.4 Å². The van der Waals surface area contributed by atoms with Crippen LogP contribution in [0.1, 0.15) is 17.9 Å². The number of carbonyl (C=O) groups excluding carboxylic acids is 1. The lowest BCUT2D eigenvalue weighted by molar-refractivity contribution is -0.129. The first-order valence-electron chi connectivity index (χ1n) is 9.88. The molecule has 2 aliphatic rings. The Morgan fingerprint density at radius 2 is 1.72 bits per heavy atom. The molecule has 2 aliphatic heterocycles. The van der Waals surface area contributed by atoms with Crippen molar-refractivity contribution in [1.82, 2.24) is 4.90 Å². The number of methoxy groups -OCH3 is 3. The second-order valence-corrected chi connectivity index (χ2v) is 8.66. The number of allylic oxidation sites excluding steroid dienone is 1. The van der Waals surface area contributed by atoms with E-state index in [9.17, 15) is 10.1 Å². The van der Waals surface area contributed by atoms with Crippen molar-refractivity contribution >= 4 is 35.0 Å². The molecule has 2 heterocycles. The Kier molecular flexibility index (Phi) is 6.40. The van der Waals surface area contributed by atoms with Crippen LogP contribution in [0.4, 0.5) is 5.69 Å². The van der Waals surface area contributed by atoms with Gasteiger partial charge in [0.15, 0.2) is 11.5 Å². The van der Waals surface area contributed by atoms with Crippen LogP contribution in [0.5, 0.6) is 17.2 Å². The zero-order valence-corrected chi connectivity index (χ0v) is 19.5. The molecule has 0 aromatic heterocycles. The summed E-state index contributed by atoms with van der Waals surface area (Å²) in [5.74, 6) is 1.72. The molecule has 9 heteroatoms. The molecule has 0 spiro atoms. The number of amides is 1. The van der Waals surface area contributed by atoms with Gasteiger partial charge in [0.2, 0.25) is 5.91 Å². The van der Waals surface area contributed by atoms with Crippen LogP contribution in [0.2, 0.25) is 5.02 Å². The molecule has 4 rings (SSSR count). The van der Waals surface area contributed by atoms with Crippen LogP contribution in [0.15, 0.2) is 47.0 Å². The number of halogens is 1. The zero-order chi connectivity index (χ0) is 22.8. The highest BCUT2D eigenvalue weighted by molar-refractivity contribution is 8.03. The number of rotatable bonds is 5. The number of hydrogen-bond acceptors (Lipinski definition) is 7. The van der Waals surface area contributed by atoms with Crippen molar-refractivity contribution in [2.24, 2.45) is 0 Å². The van der Waals surface area contributed by atoms with Crippen molar-refractivity contribution in [1.29, 1.82) is 5.26 Å². The van der Waals surface area contributed by atoms with E-state index in [4.69, 9.17) is 25.8 Å². The van der Waals surface area contributed by atoms with E-state index in [-0.39, 0.29) is 12.3 Å². The highest BCUT2D eigenvalue weighted by Crippen LogP contribution is 2.47. The number of nitrogens with zero attached hydrogens (tertiary/aromatic N) is 3. The standard InChI is InChI=1S/C23H22ClN3O4S/c1-29-19-10-21(31-3)20(30-2)8-17(19)16-9-22(28)27-12-26(13-32-23(27)18(16)11-25)15-6-4-14(24)5-7-15/h4-8,10,16H,9,12-13H2,1-3H3/t16-/m0/s1. The van der Waals surface area contributed by atoms with Gasteiger partial charge in [-0.3, -0.25) is 9.69 Å². The minimum absolute atomic E-state index is 0.0491. The lowest BCUT2D eigenvalue weighted by Crippen LogP contribution is -2.47. The predicted molar refractivity (Wildman–Crippen MR) is 124 cm³/mol. The van der Waals surface area contributed by atoms with Gasteiger partial charge in [-0.1, -0.05) is 23.4 Å². The molecular weight excluding hydrogens is 450 g/mol. The fourth-order valence-corrected chi connectivity index (χ4v) is 5.26. The summed E-state index contributed by atoms with van der Waals surface area (Å²) in [5, 5.41) is 11.4. The second kappa shape index (κ2) is 9.23. The summed E-state index contributed by atoms with van der Waals surface area (Å²) in [4.78, 5) is 17.0. The van der Waals surface area contributed by atoms with E-state index in [2.05, 4.69) is 11.0 Å². The monoisotopic (exact) mass is 471 g/mol. The molecule has 0 saturated carbocycles. The van der Waals surface area contributed by atoms with Crippen molar-refractivity contribution < 1.29 is 19.0 Å². The van der Waals surface area contributed by atoms with Crippen LogP contribution >= 0.6 is 23.4 Å². The van der Waals surface area contributed by atoms with Crippen molar-refractivity contribution in [2.45, 2.75) is 12.3 Å². The summed E-state index contributed by atoms with van der Waals surface area (Å²) in [6.07, 6.45) is 0.160. The minimum atomic E-state index is -0.428. The van der Waals surface area contributed by atoms with E-state index in [1.165, 1.54) is 11.8 Å². The summed E-state index contributed by atoms with van der Waals surface area (Å²) in [6, 6.07) is 13.4. The van der Waals surface area contributed by atoms with Crippen LogP contribution in [-0.4, -0.2) is 44.7 Å². The third-order valence-electron chi connectivity index (χ3n) is 5.60. The van der Waals surface area contributed by atoms with Crippen molar-refractivity contribution in [3.05, 3.63) is 57.6 Å². The molecule has 0 aliphatic carbocycles. The maximum Gasteiger partial charge on any atom is 0.229 e. The molecule has 7 nitrogen and oxygen atoms in total. The molecule has 2 aromatic rings. The van der Waals surface area contributed by atoms with Crippen molar-refractivity contribution in [3.8, 4) is 23.3 Å². The number of benzene rings is 2. The van der Waals surface area contributed by atoms with E-state index in [1.807, 2.05) is 24.3 Å². The Morgan fingerprint density at radius 3 is 2.34 bits per heavy atom. The molecule has 0 radical (unpaired) electrons. The number of fused-ring (bicyclic) bond motifs is 1. The fourth-order valence-electron chi connectivity index (χ4n) is 3.97. The highest BCUT2D eigenvalue weighted by Gasteiger charge is 2.39. The van der Waals surface area contributed by atoms with Crippen LogP contribution in [-0.2, 0) is 4.79 Å². The minimum Gasteiger partial charge on any atom is -0.496 e. The van der Waals surface area contributed by atoms with E-state index < -0.39 is 5.92 Å². The average Bonchev–Trinajstić information content (AvgIpc) is 2.83. The van der Waals surface area contributed by atoms with Gasteiger partial charge in [0, 0.05) is 34.7 Å². The number of ether oxygens (including phenoxy) is 3. The van der Waals surface area contributed by atoms with Gasteiger partial charge in [-0.15, -0.1) is 0 Å². The molecule has 1 atom stereocenters. The van der Waals surface area contributed by atoms with Gasteiger partial charge in [0.1, 0.15) is 5.75 Å². The number of nitriles is 1. The first-order chi connectivity index (χ1) is 15.5. The summed E-state index contributed by atoms with van der Waals surface area (Å²) in [7, 11) is 4.65. The fraction of sp³-hybridized carbons (Fsp3) is 0.304. The van der Waals surface area contributed by atoms with Crippen LogP contribution in [0, 0.1) is 11.3 Å². The van der Waals surface area contributed by atoms with Crippen LogP contribution in [0.3, 0.4) is 0 Å². The van der Waals surface area contributed by atoms with Gasteiger partial charge in [0.05, 0.1) is 50.5 Å². The summed E-state index contributed by atoms with van der Waals surface area (Å²) >= 11 is 7.48. The number of thioether (sulfide) groups is 1. The molecule has 1 amide bonds. The highest BCUT2D eigenvalue weighted by atomic mass is 35.5.